The number of anilines is 1. The van der Waals surface area contributed by atoms with Crippen molar-refractivity contribution in [3.8, 4) is 11.4 Å². The van der Waals surface area contributed by atoms with Gasteiger partial charge >= 0.3 is 5.97 Å². The lowest BCUT2D eigenvalue weighted by Crippen LogP contribution is -2.11. The second-order valence-electron chi connectivity index (χ2n) is 7.08. The zero-order valence-corrected chi connectivity index (χ0v) is 19.1. The number of halogens is 2. The molecule has 4 aromatic rings. The molecular formula is C25H19Cl2N3O3. The van der Waals surface area contributed by atoms with E-state index in [0.717, 1.165) is 5.56 Å². The van der Waals surface area contributed by atoms with Gasteiger partial charge in [0.1, 0.15) is 5.82 Å². The molecule has 0 aliphatic carbocycles. The third-order valence-corrected chi connectivity index (χ3v) is 5.44. The van der Waals surface area contributed by atoms with Crippen LogP contribution in [0, 0.1) is 0 Å². The van der Waals surface area contributed by atoms with Crippen molar-refractivity contribution in [3.05, 3.63) is 87.9 Å². The van der Waals surface area contributed by atoms with Gasteiger partial charge in [0.05, 0.1) is 33.2 Å². The minimum absolute atomic E-state index is 0.265. The molecule has 0 saturated carbocycles. The van der Waals surface area contributed by atoms with Crippen LogP contribution >= 0.6 is 23.2 Å². The summed E-state index contributed by atoms with van der Waals surface area (Å²) in [5.41, 5.74) is 3.89. The number of aromatic nitrogens is 2. The predicted octanol–water partition coefficient (Wildman–Crippen LogP) is 6.37. The first kappa shape index (κ1) is 22.6. The van der Waals surface area contributed by atoms with E-state index < -0.39 is 5.97 Å². The number of amides is 1. The largest absolute Gasteiger partial charge is 0.463 e. The lowest BCUT2D eigenvalue weighted by Gasteiger charge is -2.06. The topological polar surface area (TPSA) is 84.1 Å². The van der Waals surface area contributed by atoms with Crippen molar-refractivity contribution in [1.29, 1.82) is 0 Å². The number of esters is 1. The number of hydrogen-bond acceptors (Lipinski definition) is 4. The summed E-state index contributed by atoms with van der Waals surface area (Å²) in [6, 6.07) is 17.5. The fourth-order valence-corrected chi connectivity index (χ4v) is 3.81. The number of carbonyl (C=O) groups excluding carboxylic acids is 2. The maximum atomic E-state index is 12.8. The summed E-state index contributed by atoms with van der Waals surface area (Å²) in [5.74, 6) is -0.132. The van der Waals surface area contributed by atoms with E-state index in [1.54, 1.807) is 73.7 Å². The van der Waals surface area contributed by atoms with Crippen molar-refractivity contribution in [2.75, 3.05) is 11.9 Å². The number of hydrogen-bond donors (Lipinski definition) is 2. The van der Waals surface area contributed by atoms with Crippen LogP contribution in [0.5, 0.6) is 0 Å². The number of nitrogens with one attached hydrogen (secondary N) is 2. The Hall–Kier alpha value is -3.61. The highest BCUT2D eigenvalue weighted by Gasteiger charge is 2.14. The molecule has 0 unspecified atom stereocenters. The highest BCUT2D eigenvalue weighted by Crippen LogP contribution is 2.34. The first-order valence-corrected chi connectivity index (χ1v) is 10.9. The maximum absolute atomic E-state index is 12.8. The van der Waals surface area contributed by atoms with Crippen LogP contribution in [0.15, 0.2) is 66.7 Å². The average Bonchev–Trinajstić information content (AvgIpc) is 3.21. The minimum atomic E-state index is -0.399. The third kappa shape index (κ3) is 5.25. The molecule has 33 heavy (non-hydrogen) atoms. The molecule has 0 radical (unpaired) electrons. The molecule has 1 amide bonds. The lowest BCUT2D eigenvalue weighted by molar-refractivity contribution is -0.137. The molecule has 8 heteroatoms. The second-order valence-corrected chi connectivity index (χ2v) is 7.89. The summed E-state index contributed by atoms with van der Waals surface area (Å²) in [5, 5.41) is 3.83. The molecule has 4 rings (SSSR count). The maximum Gasteiger partial charge on any atom is 0.330 e. The molecule has 1 heterocycles. The molecule has 6 nitrogen and oxygen atoms in total. The number of nitrogens with zero attached hydrogens (tertiary/aromatic N) is 1. The molecule has 0 bridgehead atoms. The Kier molecular flexibility index (Phi) is 6.77. The second kappa shape index (κ2) is 9.90. The molecule has 0 saturated heterocycles. The number of carbonyl (C=O) groups is 2. The van der Waals surface area contributed by atoms with Gasteiger partial charge < -0.3 is 15.0 Å². The van der Waals surface area contributed by atoms with Gasteiger partial charge in [-0.05, 0) is 61.0 Å². The third-order valence-electron chi connectivity index (χ3n) is 4.81. The highest BCUT2D eigenvalue weighted by atomic mass is 35.5. The van der Waals surface area contributed by atoms with Crippen LogP contribution in [0.4, 0.5) is 5.69 Å². The molecule has 166 valence electrons. The van der Waals surface area contributed by atoms with Gasteiger partial charge in [0.25, 0.3) is 5.91 Å². The van der Waals surface area contributed by atoms with Crippen molar-refractivity contribution < 1.29 is 14.3 Å². The number of aromatic amines is 1. The minimum Gasteiger partial charge on any atom is -0.463 e. The van der Waals surface area contributed by atoms with Crippen LogP contribution in [-0.4, -0.2) is 28.5 Å². The van der Waals surface area contributed by atoms with Crippen LogP contribution in [-0.2, 0) is 9.53 Å². The van der Waals surface area contributed by atoms with Crippen molar-refractivity contribution in [2.24, 2.45) is 0 Å². The Morgan fingerprint density at radius 3 is 2.48 bits per heavy atom. The van der Waals surface area contributed by atoms with Crippen molar-refractivity contribution in [1.82, 2.24) is 9.97 Å². The normalized spacial score (nSPS) is 11.1. The molecule has 1 aromatic heterocycles. The van der Waals surface area contributed by atoms with Crippen LogP contribution < -0.4 is 5.32 Å². The average molecular weight is 480 g/mol. The first-order valence-electron chi connectivity index (χ1n) is 10.1. The van der Waals surface area contributed by atoms with Gasteiger partial charge in [0.15, 0.2) is 0 Å². The van der Waals surface area contributed by atoms with Crippen molar-refractivity contribution in [2.45, 2.75) is 6.92 Å². The smallest absolute Gasteiger partial charge is 0.330 e. The molecule has 2 N–H and O–H groups in total. The molecule has 3 aromatic carbocycles. The van der Waals surface area contributed by atoms with Gasteiger partial charge in [-0.3, -0.25) is 4.79 Å². The Balaban J connectivity index is 1.50. The Bertz CT molecular complexity index is 1340. The zero-order chi connectivity index (χ0) is 23.4. The quantitative estimate of drug-likeness (QED) is 0.248. The summed E-state index contributed by atoms with van der Waals surface area (Å²) >= 11 is 12.6. The van der Waals surface area contributed by atoms with Gasteiger partial charge in [-0.25, -0.2) is 9.78 Å². The molecule has 0 aliphatic heterocycles. The highest BCUT2D eigenvalue weighted by molar-refractivity contribution is 6.39. The van der Waals surface area contributed by atoms with Gasteiger partial charge in [0.2, 0.25) is 0 Å². The van der Waals surface area contributed by atoms with E-state index in [4.69, 9.17) is 27.9 Å². The van der Waals surface area contributed by atoms with E-state index in [0.29, 0.717) is 50.3 Å². The number of benzene rings is 3. The molecular weight excluding hydrogens is 461 g/mol. The van der Waals surface area contributed by atoms with Crippen LogP contribution in [0.3, 0.4) is 0 Å². The van der Waals surface area contributed by atoms with E-state index in [2.05, 4.69) is 15.3 Å². The number of fused-ring (bicyclic) bond motifs is 1. The van der Waals surface area contributed by atoms with Crippen molar-refractivity contribution >= 4 is 57.9 Å². The summed E-state index contributed by atoms with van der Waals surface area (Å²) in [7, 11) is 0. The fraction of sp³-hybridized carbons (Fsp3) is 0.0800. The number of imidazole rings is 1. The standard InChI is InChI=1S/C25H19Cl2N3O3/c1-2-33-22(31)13-8-15-6-10-17(11-7-15)28-25(32)16-9-12-20-21(14-16)30-24(29-20)23-18(26)4-3-5-19(23)27/h3-14H,2H2,1H3,(H,28,32)(H,29,30)/b13-8+. The van der Waals surface area contributed by atoms with E-state index in [9.17, 15) is 9.59 Å². The number of H-pyrrole nitrogens is 1. The van der Waals surface area contributed by atoms with Crippen molar-refractivity contribution in [3.63, 3.8) is 0 Å². The zero-order valence-electron chi connectivity index (χ0n) is 17.6. The van der Waals surface area contributed by atoms with Crippen LogP contribution in [0.25, 0.3) is 28.5 Å². The van der Waals surface area contributed by atoms with Gasteiger partial charge in [-0.2, -0.15) is 0 Å². The van der Waals surface area contributed by atoms with Crippen LogP contribution in [0.2, 0.25) is 10.0 Å². The van der Waals surface area contributed by atoms with Crippen LogP contribution in [0.1, 0.15) is 22.8 Å². The molecule has 0 fully saturated rings. The summed E-state index contributed by atoms with van der Waals surface area (Å²) in [6.07, 6.45) is 3.01. The SMILES string of the molecule is CCOC(=O)/C=C/c1ccc(NC(=O)c2ccc3nc(-c4c(Cl)cccc4Cl)[nH]c3c2)cc1. The van der Waals surface area contributed by atoms with E-state index >= 15 is 0 Å². The van der Waals surface area contributed by atoms with Gasteiger partial charge in [-0.1, -0.05) is 41.4 Å². The van der Waals surface area contributed by atoms with Gasteiger partial charge in [-0.15, -0.1) is 0 Å². The lowest BCUT2D eigenvalue weighted by atomic mass is 10.1. The summed E-state index contributed by atoms with van der Waals surface area (Å²) < 4.78 is 4.85. The monoisotopic (exact) mass is 479 g/mol. The van der Waals surface area contributed by atoms with E-state index in [-0.39, 0.29) is 5.91 Å². The van der Waals surface area contributed by atoms with E-state index in [1.807, 2.05) is 0 Å². The van der Waals surface area contributed by atoms with E-state index in [1.165, 1.54) is 6.08 Å². The molecule has 0 spiro atoms. The first-order chi connectivity index (χ1) is 15.9. The number of rotatable bonds is 6. The Labute approximate surface area is 200 Å². The predicted molar refractivity (Wildman–Crippen MR) is 132 cm³/mol. The summed E-state index contributed by atoms with van der Waals surface area (Å²) in [4.78, 5) is 31.9. The summed E-state index contributed by atoms with van der Waals surface area (Å²) in [6.45, 7) is 2.08. The fourth-order valence-electron chi connectivity index (χ4n) is 3.23. The molecule has 0 aliphatic rings. The van der Waals surface area contributed by atoms with Gasteiger partial charge in [0, 0.05) is 17.3 Å². The number of ether oxygens (including phenoxy) is 1. The Morgan fingerprint density at radius 1 is 1.06 bits per heavy atom. The molecule has 0 atom stereocenters. The Morgan fingerprint density at radius 2 is 1.79 bits per heavy atom.